The van der Waals surface area contributed by atoms with Crippen molar-refractivity contribution in [2.75, 3.05) is 18.4 Å². The molecule has 1 amide bonds. The first-order valence-corrected chi connectivity index (χ1v) is 9.47. The molecular weight excluding hydrogens is 344 g/mol. The number of hydrogen-bond acceptors (Lipinski definition) is 6. The molecular formula is C20H24N4O3. The number of rotatable bonds is 5. The van der Waals surface area contributed by atoms with Crippen molar-refractivity contribution < 1.29 is 13.7 Å². The number of hydrogen-bond donors (Lipinski definition) is 1. The predicted molar refractivity (Wildman–Crippen MR) is 102 cm³/mol. The maximum absolute atomic E-state index is 12.8. The highest BCUT2D eigenvalue weighted by Gasteiger charge is 2.32. The summed E-state index contributed by atoms with van der Waals surface area (Å²) in [6.45, 7) is 5.48. The molecule has 0 aliphatic carbocycles. The summed E-state index contributed by atoms with van der Waals surface area (Å²) in [5, 5.41) is 6.72. The average molecular weight is 368 g/mol. The van der Waals surface area contributed by atoms with Crippen molar-refractivity contribution in [1.82, 2.24) is 15.0 Å². The van der Waals surface area contributed by atoms with E-state index in [0.717, 1.165) is 49.3 Å². The first kappa shape index (κ1) is 17.7. The Labute approximate surface area is 157 Å². The smallest absolute Gasteiger partial charge is 0.242 e. The zero-order chi connectivity index (χ0) is 18.8. The van der Waals surface area contributed by atoms with Crippen LogP contribution in [-0.2, 0) is 4.79 Å². The predicted octanol–water partition coefficient (Wildman–Crippen LogP) is 3.72. The molecule has 1 aliphatic heterocycles. The van der Waals surface area contributed by atoms with Gasteiger partial charge in [0.1, 0.15) is 11.3 Å². The fraction of sp³-hybridized carbons (Fsp3) is 0.450. The number of oxazole rings is 1. The van der Waals surface area contributed by atoms with Crippen LogP contribution < -0.4 is 5.32 Å². The summed E-state index contributed by atoms with van der Waals surface area (Å²) in [7, 11) is 0. The highest BCUT2D eigenvalue weighted by atomic mass is 16.5. The summed E-state index contributed by atoms with van der Waals surface area (Å²) in [4.78, 5) is 19.6. The summed E-state index contributed by atoms with van der Waals surface area (Å²) >= 11 is 0. The first-order valence-electron chi connectivity index (χ1n) is 9.47. The van der Waals surface area contributed by atoms with Crippen LogP contribution in [0.2, 0.25) is 0 Å². The quantitative estimate of drug-likeness (QED) is 0.739. The molecule has 2 atom stereocenters. The van der Waals surface area contributed by atoms with Crippen LogP contribution in [0.4, 0.5) is 5.82 Å². The number of amides is 1. The molecule has 1 aliphatic rings. The number of aryl methyl sites for hydroxylation is 1. The van der Waals surface area contributed by atoms with Crippen LogP contribution in [0.3, 0.4) is 0 Å². The Morgan fingerprint density at radius 1 is 1.41 bits per heavy atom. The van der Waals surface area contributed by atoms with Gasteiger partial charge in [0.05, 0.1) is 6.04 Å². The number of nitrogens with zero attached hydrogens (tertiary/aromatic N) is 3. The fourth-order valence-corrected chi connectivity index (χ4v) is 3.80. The van der Waals surface area contributed by atoms with Gasteiger partial charge in [0.15, 0.2) is 17.3 Å². The highest BCUT2D eigenvalue weighted by molar-refractivity contribution is 5.94. The molecule has 142 valence electrons. The van der Waals surface area contributed by atoms with Gasteiger partial charge in [0.2, 0.25) is 5.91 Å². The molecule has 27 heavy (non-hydrogen) atoms. The number of nitrogens with one attached hydrogen (secondary N) is 1. The largest absolute Gasteiger partial charge is 0.440 e. The molecule has 1 aromatic carbocycles. The molecule has 0 saturated carbocycles. The number of benzene rings is 1. The minimum atomic E-state index is -0.214. The molecule has 7 heteroatoms. The molecule has 0 spiro atoms. The van der Waals surface area contributed by atoms with E-state index in [0.29, 0.717) is 11.6 Å². The third kappa shape index (κ3) is 3.73. The maximum Gasteiger partial charge on any atom is 0.242 e. The highest BCUT2D eigenvalue weighted by Crippen LogP contribution is 2.30. The van der Waals surface area contributed by atoms with Crippen molar-refractivity contribution in [2.24, 2.45) is 0 Å². The lowest BCUT2D eigenvalue weighted by Crippen LogP contribution is -2.48. The number of fused-ring (bicyclic) bond motifs is 1. The minimum absolute atomic E-state index is 0.0518. The van der Waals surface area contributed by atoms with Crippen LogP contribution >= 0.6 is 0 Å². The Balaban J connectivity index is 1.47. The molecule has 3 aromatic rings. The van der Waals surface area contributed by atoms with Gasteiger partial charge in [-0.1, -0.05) is 24.2 Å². The zero-order valence-electron chi connectivity index (χ0n) is 15.6. The van der Waals surface area contributed by atoms with Gasteiger partial charge >= 0.3 is 0 Å². The van der Waals surface area contributed by atoms with Crippen molar-refractivity contribution in [3.8, 4) is 0 Å². The van der Waals surface area contributed by atoms with Crippen LogP contribution in [-0.4, -0.2) is 40.1 Å². The standard InChI is InChI=1S/C20H24N4O3/c1-3-16(19(25)22-18-11-13(2)27-23-18)24-10-6-7-14(12-24)20-21-15-8-4-5-9-17(15)26-20/h4-5,8-9,11,14,16H,3,6-7,10,12H2,1-2H3,(H,22,23,25). The summed E-state index contributed by atoms with van der Waals surface area (Å²) in [5.41, 5.74) is 1.70. The van der Waals surface area contributed by atoms with E-state index in [4.69, 9.17) is 8.94 Å². The third-order valence-electron chi connectivity index (χ3n) is 5.12. The van der Waals surface area contributed by atoms with Crippen LogP contribution in [0.15, 0.2) is 39.3 Å². The second-order valence-corrected chi connectivity index (χ2v) is 7.09. The zero-order valence-corrected chi connectivity index (χ0v) is 15.6. The number of aromatic nitrogens is 2. The van der Waals surface area contributed by atoms with E-state index < -0.39 is 0 Å². The van der Waals surface area contributed by atoms with E-state index in [9.17, 15) is 4.79 Å². The number of para-hydroxylation sites is 2. The van der Waals surface area contributed by atoms with E-state index in [1.807, 2.05) is 31.2 Å². The van der Waals surface area contributed by atoms with E-state index in [1.54, 1.807) is 13.0 Å². The Morgan fingerprint density at radius 2 is 2.26 bits per heavy atom. The first-order chi connectivity index (χ1) is 13.1. The molecule has 0 radical (unpaired) electrons. The molecule has 7 nitrogen and oxygen atoms in total. The molecule has 2 unspecified atom stereocenters. The van der Waals surface area contributed by atoms with Gasteiger partial charge in [0.25, 0.3) is 0 Å². The van der Waals surface area contributed by atoms with Crippen LogP contribution in [0, 0.1) is 6.92 Å². The molecule has 1 saturated heterocycles. The fourth-order valence-electron chi connectivity index (χ4n) is 3.80. The molecule has 1 N–H and O–H groups in total. The van der Waals surface area contributed by atoms with Crippen molar-refractivity contribution in [1.29, 1.82) is 0 Å². The number of carbonyl (C=O) groups excluding carboxylic acids is 1. The van der Waals surface area contributed by atoms with Gasteiger partial charge in [-0.2, -0.15) is 0 Å². The van der Waals surface area contributed by atoms with Gasteiger partial charge in [-0.25, -0.2) is 4.98 Å². The summed E-state index contributed by atoms with van der Waals surface area (Å²) in [6.07, 6.45) is 2.75. The second kappa shape index (κ2) is 7.52. The van der Waals surface area contributed by atoms with Gasteiger partial charge in [-0.3, -0.25) is 9.69 Å². The Kier molecular flexibility index (Phi) is 4.94. The minimum Gasteiger partial charge on any atom is -0.440 e. The topological polar surface area (TPSA) is 84.4 Å². The lowest BCUT2D eigenvalue weighted by molar-refractivity contribution is -0.122. The lowest BCUT2D eigenvalue weighted by atomic mass is 9.96. The van der Waals surface area contributed by atoms with Crippen LogP contribution in [0.1, 0.15) is 43.8 Å². The number of anilines is 1. The molecule has 1 fully saturated rings. The summed E-state index contributed by atoms with van der Waals surface area (Å²) < 4.78 is 11.0. The van der Waals surface area contributed by atoms with E-state index in [2.05, 4.69) is 20.4 Å². The van der Waals surface area contributed by atoms with E-state index in [1.165, 1.54) is 0 Å². The Hall–Kier alpha value is -2.67. The SMILES string of the molecule is CCC(C(=O)Nc1cc(C)on1)N1CCCC(c2nc3ccccc3o2)C1. The summed E-state index contributed by atoms with van der Waals surface area (Å²) in [5.74, 6) is 2.05. The molecule has 4 rings (SSSR count). The van der Waals surface area contributed by atoms with Gasteiger partial charge in [-0.15, -0.1) is 0 Å². The molecule has 2 aromatic heterocycles. The van der Waals surface area contributed by atoms with Crippen molar-refractivity contribution in [3.05, 3.63) is 42.0 Å². The Bertz CT molecular complexity index is 899. The summed E-state index contributed by atoms with van der Waals surface area (Å²) in [6, 6.07) is 9.33. The monoisotopic (exact) mass is 368 g/mol. The van der Waals surface area contributed by atoms with Gasteiger partial charge in [0, 0.05) is 18.5 Å². The van der Waals surface area contributed by atoms with Gasteiger partial charge < -0.3 is 14.3 Å². The lowest BCUT2D eigenvalue weighted by Gasteiger charge is -2.36. The van der Waals surface area contributed by atoms with E-state index >= 15 is 0 Å². The molecule has 3 heterocycles. The second-order valence-electron chi connectivity index (χ2n) is 7.09. The number of likely N-dealkylation sites (tertiary alicyclic amines) is 1. The number of carbonyl (C=O) groups is 1. The number of piperidine rings is 1. The van der Waals surface area contributed by atoms with Crippen LogP contribution in [0.5, 0.6) is 0 Å². The average Bonchev–Trinajstić information content (AvgIpc) is 3.28. The molecule has 0 bridgehead atoms. The van der Waals surface area contributed by atoms with Crippen LogP contribution in [0.25, 0.3) is 11.1 Å². The normalized spacial score (nSPS) is 19.3. The van der Waals surface area contributed by atoms with Crippen molar-refractivity contribution in [3.63, 3.8) is 0 Å². The maximum atomic E-state index is 12.8. The van der Waals surface area contributed by atoms with Crippen molar-refractivity contribution >= 4 is 22.8 Å². The van der Waals surface area contributed by atoms with E-state index in [-0.39, 0.29) is 17.9 Å². The van der Waals surface area contributed by atoms with Crippen molar-refractivity contribution in [2.45, 2.75) is 45.1 Å². The van der Waals surface area contributed by atoms with Gasteiger partial charge in [-0.05, 0) is 44.9 Å². The Morgan fingerprint density at radius 3 is 3.00 bits per heavy atom. The third-order valence-corrected chi connectivity index (χ3v) is 5.12.